The molecule has 0 saturated heterocycles. The average Bonchev–Trinajstić information content (AvgIpc) is 2.53. The third-order valence-corrected chi connectivity index (χ3v) is 4.64. The number of aryl methyl sites for hydroxylation is 3. The Morgan fingerprint density at radius 2 is 1.42 bits per heavy atom. The zero-order valence-electron chi connectivity index (χ0n) is 15.1. The summed E-state index contributed by atoms with van der Waals surface area (Å²) in [6.07, 6.45) is 0. The zero-order chi connectivity index (χ0) is 16.0. The van der Waals surface area contributed by atoms with Gasteiger partial charge in [-0.1, -0.05) is 0 Å². The van der Waals surface area contributed by atoms with Gasteiger partial charge >= 0.3 is 137 Å². The minimum absolute atomic E-state index is 0. The molecule has 0 spiro atoms. The molecule has 1 aromatic heterocycles. The molecule has 0 amide bonds. The van der Waals surface area contributed by atoms with Crippen LogP contribution in [0.2, 0.25) is 0 Å². The predicted octanol–water partition coefficient (Wildman–Crippen LogP) is 6.56. The quantitative estimate of drug-likeness (QED) is 0.188. The molecule has 4 heteroatoms. The molecule has 4 rings (SSSR count). The average molecular weight is 414 g/mol. The van der Waals surface area contributed by atoms with Crippen molar-refractivity contribution in [3.05, 3.63) is 77.2 Å². The maximum Gasteiger partial charge on any atom is 0 e. The van der Waals surface area contributed by atoms with Gasteiger partial charge in [0.05, 0.1) is 0 Å². The summed E-state index contributed by atoms with van der Waals surface area (Å²) in [7, 11) is 0. The van der Waals surface area contributed by atoms with Crippen molar-refractivity contribution < 1.29 is 21.7 Å². The van der Waals surface area contributed by atoms with Crippen LogP contribution in [0.25, 0.3) is 32.6 Å². The topological polar surface area (TPSA) is 0 Å². The molecule has 26 heavy (non-hydrogen) atoms. The monoisotopic (exact) mass is 413 g/mol. The Kier molecular flexibility index (Phi) is 8.11. The zero-order valence-corrected chi connectivity index (χ0v) is 18.3. The first-order valence-corrected chi connectivity index (χ1v) is 8.05. The molecule has 0 aliphatic rings. The van der Waals surface area contributed by atoms with Crippen molar-refractivity contribution in [1.29, 1.82) is 0 Å². The molecule has 0 fully saturated rings. The summed E-state index contributed by atoms with van der Waals surface area (Å²) >= 11 is 0. The maximum absolute atomic E-state index is 3.26. The largest absolute Gasteiger partial charge is 0.147 e. The molecule has 0 aliphatic heterocycles. The van der Waals surface area contributed by atoms with Crippen LogP contribution < -0.4 is 0 Å². The second-order valence-electron chi connectivity index (χ2n) is 6.39. The molecule has 0 N–H and O–H groups in total. The van der Waals surface area contributed by atoms with E-state index in [-0.39, 0.29) is 46.5 Å². The van der Waals surface area contributed by atoms with Crippen molar-refractivity contribution in [2.24, 2.45) is 0 Å². The fraction of sp³-hybridized carbons (Fsp3) is 0.136. The first-order valence-electron chi connectivity index (χ1n) is 8.05. The van der Waals surface area contributed by atoms with Crippen LogP contribution in [-0.2, 0) is 21.7 Å². The number of rotatable bonds is 1. The summed E-state index contributed by atoms with van der Waals surface area (Å²) < 4.78 is 0. The fourth-order valence-corrected chi connectivity index (χ4v) is 3.79. The van der Waals surface area contributed by atoms with Crippen LogP contribution in [-0.4, -0.2) is 6.91 Å². The fourth-order valence-electron chi connectivity index (χ4n) is 3.79. The van der Waals surface area contributed by atoms with Gasteiger partial charge in [-0.2, -0.15) is 0 Å². The number of benzene rings is 3. The van der Waals surface area contributed by atoms with Crippen molar-refractivity contribution in [3.8, 4) is 11.1 Å². The number of fused-ring (bicyclic) bond motifs is 2. The minimum Gasteiger partial charge on any atom is -0.147 e. The summed E-state index contributed by atoms with van der Waals surface area (Å²) in [5, 5.41) is 5.16. The van der Waals surface area contributed by atoms with Gasteiger partial charge in [-0.3, -0.25) is 0 Å². The van der Waals surface area contributed by atoms with E-state index in [0.717, 1.165) is 0 Å². The van der Waals surface area contributed by atoms with Crippen molar-refractivity contribution >= 4 is 53.2 Å². The molecule has 0 atom stereocenters. The van der Waals surface area contributed by atoms with Gasteiger partial charge < -0.3 is 0 Å². The molecule has 0 radical (unpaired) electrons. The second kappa shape index (κ2) is 9.20. The third kappa shape index (κ3) is 3.92. The van der Waals surface area contributed by atoms with E-state index in [1.54, 1.807) is 0 Å². The molecule has 0 bridgehead atoms. The van der Waals surface area contributed by atoms with Crippen LogP contribution >= 0.6 is 24.8 Å². The van der Waals surface area contributed by atoms with E-state index in [1.165, 1.54) is 49.3 Å². The van der Waals surface area contributed by atoms with Gasteiger partial charge in [-0.05, 0) is 0 Å². The minimum atomic E-state index is 0. The summed E-state index contributed by atoms with van der Waals surface area (Å²) in [4.78, 5) is 0. The number of halogens is 2. The van der Waals surface area contributed by atoms with Crippen LogP contribution in [0.5, 0.6) is 0 Å². The van der Waals surface area contributed by atoms with Gasteiger partial charge in [0.15, 0.2) is 0 Å². The molecule has 0 aliphatic carbocycles. The van der Waals surface area contributed by atoms with Gasteiger partial charge in [-0.25, -0.2) is 0 Å². The Hall–Kier alpha value is -1.11. The Labute approximate surface area is 183 Å². The molecule has 3 aromatic carbocycles. The van der Waals surface area contributed by atoms with E-state index in [1.807, 2.05) is 6.07 Å². The standard InChI is InChI=1S/C22H18B.2ClH.Ti/c1-14-11-15(2)20(16(3)12-14)21-19-9-5-4-7-17(19)13-18-8-6-10-23-22(18)21;;;/h4-9,11-13H,1-3H3;2*1H;/q-1;;;. The maximum atomic E-state index is 3.26. The number of hydrogen-bond donors (Lipinski definition) is 0. The van der Waals surface area contributed by atoms with Crippen LogP contribution in [0.1, 0.15) is 16.7 Å². The van der Waals surface area contributed by atoms with Gasteiger partial charge in [-0.15, -0.1) is 24.8 Å². The molecular weight excluding hydrogens is 394 g/mol. The molecule has 1 heterocycles. The molecular formula is C22H20BCl2Ti-. The van der Waals surface area contributed by atoms with E-state index in [0.29, 0.717) is 0 Å². The van der Waals surface area contributed by atoms with Gasteiger partial charge in [0.2, 0.25) is 0 Å². The van der Waals surface area contributed by atoms with E-state index in [2.05, 4.69) is 82.2 Å². The van der Waals surface area contributed by atoms with Gasteiger partial charge in [0.25, 0.3) is 0 Å². The van der Waals surface area contributed by atoms with Crippen molar-refractivity contribution in [2.75, 3.05) is 0 Å². The van der Waals surface area contributed by atoms with Crippen molar-refractivity contribution in [1.82, 2.24) is 0 Å². The molecule has 130 valence electrons. The van der Waals surface area contributed by atoms with Crippen molar-refractivity contribution in [3.63, 3.8) is 0 Å². The predicted molar refractivity (Wildman–Crippen MR) is 116 cm³/mol. The summed E-state index contributed by atoms with van der Waals surface area (Å²) in [5.41, 5.74) is 6.69. The Morgan fingerprint density at radius 3 is 2.12 bits per heavy atom. The normalized spacial score (nSPS) is 9.81. The van der Waals surface area contributed by atoms with Crippen LogP contribution in [0.3, 0.4) is 0 Å². The van der Waals surface area contributed by atoms with E-state index >= 15 is 0 Å². The Balaban J connectivity index is 0.00000113. The van der Waals surface area contributed by atoms with E-state index in [9.17, 15) is 0 Å². The van der Waals surface area contributed by atoms with E-state index in [4.69, 9.17) is 0 Å². The molecule has 0 saturated carbocycles. The SMILES string of the molecule is Cc1cc(C)c(-c2c3b[c-]ccc3cc3ccccc23)c(C)c1.Cl.Cl.[Ti]. The molecule has 0 unspecified atom stereocenters. The summed E-state index contributed by atoms with van der Waals surface area (Å²) in [5.74, 6) is 3.26. The Morgan fingerprint density at radius 1 is 0.769 bits per heavy atom. The van der Waals surface area contributed by atoms with Gasteiger partial charge in [0.1, 0.15) is 0 Å². The number of hydrogen-bond acceptors (Lipinski definition) is 0. The smallest absolute Gasteiger partial charge is 0 e. The van der Waals surface area contributed by atoms with Crippen molar-refractivity contribution in [2.45, 2.75) is 20.8 Å². The first-order chi connectivity index (χ1) is 11.1. The van der Waals surface area contributed by atoms with Crippen LogP contribution in [0.15, 0.2) is 54.6 Å². The van der Waals surface area contributed by atoms with Crippen LogP contribution in [0.4, 0.5) is 0 Å². The summed E-state index contributed by atoms with van der Waals surface area (Å²) in [6.45, 7) is 8.72. The van der Waals surface area contributed by atoms with Gasteiger partial charge in [0, 0.05) is 21.7 Å². The molecule has 4 aromatic rings. The van der Waals surface area contributed by atoms with E-state index < -0.39 is 0 Å². The second-order valence-corrected chi connectivity index (χ2v) is 6.39. The van der Waals surface area contributed by atoms with Crippen LogP contribution in [0, 0.1) is 26.7 Å². The summed E-state index contributed by atoms with van der Waals surface area (Å²) in [6, 6.07) is 19.7. The Bertz CT molecular complexity index is 983. The molecule has 0 nitrogen and oxygen atoms in total. The first kappa shape index (κ1) is 22.9. The third-order valence-electron chi connectivity index (χ3n) is 4.64.